The van der Waals surface area contributed by atoms with E-state index >= 15 is 0 Å². The van der Waals surface area contributed by atoms with Crippen LogP contribution in [0.25, 0.3) is 0 Å². The van der Waals surface area contributed by atoms with Crippen molar-refractivity contribution in [1.82, 2.24) is 10.6 Å². The van der Waals surface area contributed by atoms with Gasteiger partial charge in [-0.15, -0.1) is 0 Å². The fraction of sp³-hybridized carbons (Fsp3) is 0.333. The van der Waals surface area contributed by atoms with E-state index in [0.29, 0.717) is 0 Å². The molecule has 0 saturated carbocycles. The zero-order chi connectivity index (χ0) is 18.1. The summed E-state index contributed by atoms with van der Waals surface area (Å²) < 4.78 is 4.68. The molecule has 0 bridgehead atoms. The number of benzene rings is 1. The van der Waals surface area contributed by atoms with Crippen molar-refractivity contribution in [2.24, 2.45) is 5.73 Å². The molecule has 0 aliphatic heterocycles. The van der Waals surface area contributed by atoms with Crippen LogP contribution in [0.4, 0.5) is 0 Å². The Morgan fingerprint density at radius 3 is 2.33 bits per heavy atom. The number of carboxylic acid groups (broad SMARTS) is 1. The topological polar surface area (TPSA) is 148 Å². The zero-order valence-electron chi connectivity index (χ0n) is 13.1. The molecule has 0 radical (unpaired) electrons. The molecule has 24 heavy (non-hydrogen) atoms. The lowest BCUT2D eigenvalue weighted by Gasteiger charge is -2.13. The van der Waals surface area contributed by atoms with Crippen molar-refractivity contribution >= 4 is 23.7 Å². The second kappa shape index (κ2) is 9.26. The standard InChI is InChI=1S/C15H19N3O6/c1-24-8-13(20)17-7-9-2-4-10(5-3-9)14(21)18-11(15(22)23)6-12(16)19/h2-5,11H,6-8H2,1H3,(H2,16,19)(H,17,20)(H,18,21)(H,22,23). The van der Waals surface area contributed by atoms with Gasteiger partial charge in [0.15, 0.2) is 0 Å². The maximum absolute atomic E-state index is 12.0. The van der Waals surface area contributed by atoms with Crippen molar-refractivity contribution in [3.63, 3.8) is 0 Å². The first-order valence-electron chi connectivity index (χ1n) is 7.00. The number of hydrogen-bond acceptors (Lipinski definition) is 5. The number of primary amides is 1. The van der Waals surface area contributed by atoms with Gasteiger partial charge in [-0.2, -0.15) is 0 Å². The van der Waals surface area contributed by atoms with Gasteiger partial charge < -0.3 is 26.2 Å². The molecule has 0 heterocycles. The minimum atomic E-state index is -1.39. The van der Waals surface area contributed by atoms with Crippen LogP contribution in [0.3, 0.4) is 0 Å². The summed E-state index contributed by atoms with van der Waals surface area (Å²) in [7, 11) is 1.41. The average Bonchev–Trinajstić information content (AvgIpc) is 2.52. The highest BCUT2D eigenvalue weighted by Crippen LogP contribution is 2.05. The van der Waals surface area contributed by atoms with Crippen LogP contribution in [0, 0.1) is 0 Å². The van der Waals surface area contributed by atoms with E-state index in [1.54, 1.807) is 12.1 Å². The predicted octanol–water partition coefficient (Wildman–Crippen LogP) is -0.992. The first kappa shape index (κ1) is 19.1. The van der Waals surface area contributed by atoms with Crippen molar-refractivity contribution in [3.8, 4) is 0 Å². The molecule has 1 unspecified atom stereocenters. The van der Waals surface area contributed by atoms with Gasteiger partial charge in [0.2, 0.25) is 11.8 Å². The Morgan fingerprint density at radius 2 is 1.83 bits per heavy atom. The maximum atomic E-state index is 12.0. The lowest BCUT2D eigenvalue weighted by molar-refractivity contribution is -0.141. The SMILES string of the molecule is COCC(=O)NCc1ccc(C(=O)NC(CC(N)=O)C(=O)O)cc1. The number of ether oxygens (including phenoxy) is 1. The summed E-state index contributed by atoms with van der Waals surface area (Å²) in [5, 5.41) is 13.8. The third-order valence-electron chi connectivity index (χ3n) is 2.99. The van der Waals surface area contributed by atoms with Crippen LogP contribution in [0.15, 0.2) is 24.3 Å². The van der Waals surface area contributed by atoms with Crippen LogP contribution in [0.1, 0.15) is 22.3 Å². The van der Waals surface area contributed by atoms with Gasteiger partial charge in [0.05, 0.1) is 6.42 Å². The number of rotatable bonds is 9. The number of hydrogen-bond donors (Lipinski definition) is 4. The fourth-order valence-corrected chi connectivity index (χ4v) is 1.80. The van der Waals surface area contributed by atoms with Gasteiger partial charge in [-0.3, -0.25) is 14.4 Å². The number of amides is 3. The largest absolute Gasteiger partial charge is 0.480 e. The number of carbonyl (C=O) groups is 4. The molecule has 1 rings (SSSR count). The Morgan fingerprint density at radius 1 is 1.21 bits per heavy atom. The van der Waals surface area contributed by atoms with Crippen LogP contribution < -0.4 is 16.4 Å². The molecular weight excluding hydrogens is 318 g/mol. The highest BCUT2D eigenvalue weighted by Gasteiger charge is 2.22. The van der Waals surface area contributed by atoms with Gasteiger partial charge in [0.1, 0.15) is 12.6 Å². The number of methoxy groups -OCH3 is 1. The van der Waals surface area contributed by atoms with Crippen LogP contribution in [0.2, 0.25) is 0 Å². The Kier molecular flexibility index (Phi) is 7.37. The third-order valence-corrected chi connectivity index (χ3v) is 2.99. The molecule has 0 fully saturated rings. The summed E-state index contributed by atoms with van der Waals surface area (Å²) in [6.07, 6.45) is -0.495. The van der Waals surface area contributed by atoms with E-state index in [9.17, 15) is 19.2 Å². The van der Waals surface area contributed by atoms with Crippen LogP contribution in [-0.2, 0) is 25.7 Å². The predicted molar refractivity (Wildman–Crippen MR) is 82.9 cm³/mol. The normalized spacial score (nSPS) is 11.4. The maximum Gasteiger partial charge on any atom is 0.326 e. The molecule has 3 amide bonds. The minimum absolute atomic E-state index is 0.0447. The third kappa shape index (κ3) is 6.44. The number of carbonyl (C=O) groups excluding carboxylic acids is 3. The quantitative estimate of drug-likeness (QED) is 0.454. The van der Waals surface area contributed by atoms with Crippen molar-refractivity contribution in [2.75, 3.05) is 13.7 Å². The lowest BCUT2D eigenvalue weighted by Crippen LogP contribution is -2.43. The van der Waals surface area contributed by atoms with Gasteiger partial charge in [0.25, 0.3) is 5.91 Å². The highest BCUT2D eigenvalue weighted by atomic mass is 16.5. The average molecular weight is 337 g/mol. The molecule has 0 aliphatic carbocycles. The highest BCUT2D eigenvalue weighted by molar-refractivity contribution is 5.97. The van der Waals surface area contributed by atoms with E-state index in [1.807, 2.05) is 0 Å². The summed E-state index contributed by atoms with van der Waals surface area (Å²) in [5.41, 5.74) is 5.92. The molecule has 9 nitrogen and oxygen atoms in total. The minimum Gasteiger partial charge on any atom is -0.480 e. The van der Waals surface area contributed by atoms with E-state index in [-0.39, 0.29) is 24.6 Å². The Balaban J connectivity index is 2.64. The summed E-state index contributed by atoms with van der Waals surface area (Å²) >= 11 is 0. The summed E-state index contributed by atoms with van der Waals surface area (Å²) in [4.78, 5) is 45.1. The first-order chi connectivity index (χ1) is 11.3. The second-order valence-electron chi connectivity index (χ2n) is 4.94. The van der Waals surface area contributed by atoms with E-state index in [2.05, 4.69) is 15.4 Å². The van der Waals surface area contributed by atoms with Gasteiger partial charge in [-0.25, -0.2) is 4.79 Å². The molecular formula is C15H19N3O6. The molecule has 1 aromatic rings. The van der Waals surface area contributed by atoms with Gasteiger partial charge >= 0.3 is 5.97 Å². The number of carboxylic acids is 1. The van der Waals surface area contributed by atoms with E-state index in [0.717, 1.165) is 5.56 Å². The molecule has 0 spiro atoms. The summed E-state index contributed by atoms with van der Waals surface area (Å²) in [5.74, 6) is -3.09. The molecule has 0 aromatic heterocycles. The number of nitrogens with one attached hydrogen (secondary N) is 2. The lowest BCUT2D eigenvalue weighted by atomic mass is 10.1. The van der Waals surface area contributed by atoms with E-state index in [1.165, 1.54) is 19.2 Å². The summed E-state index contributed by atoms with van der Waals surface area (Å²) in [6.45, 7) is 0.223. The van der Waals surface area contributed by atoms with Gasteiger partial charge in [-0.1, -0.05) is 12.1 Å². The van der Waals surface area contributed by atoms with Crippen LogP contribution in [0.5, 0.6) is 0 Å². The Labute approximate surface area is 138 Å². The molecule has 9 heteroatoms. The molecule has 0 aliphatic rings. The van der Waals surface area contributed by atoms with Crippen molar-refractivity contribution in [1.29, 1.82) is 0 Å². The summed E-state index contributed by atoms with van der Waals surface area (Å²) in [6, 6.07) is 4.81. The van der Waals surface area contributed by atoms with Crippen molar-refractivity contribution in [3.05, 3.63) is 35.4 Å². The molecule has 130 valence electrons. The molecule has 1 aromatic carbocycles. The van der Waals surface area contributed by atoms with Crippen LogP contribution >= 0.6 is 0 Å². The fourth-order valence-electron chi connectivity index (χ4n) is 1.80. The Hall–Kier alpha value is -2.94. The smallest absolute Gasteiger partial charge is 0.326 e. The van der Waals surface area contributed by atoms with Gasteiger partial charge in [0, 0.05) is 19.2 Å². The second-order valence-corrected chi connectivity index (χ2v) is 4.94. The van der Waals surface area contributed by atoms with E-state index < -0.39 is 30.2 Å². The molecule has 5 N–H and O–H groups in total. The van der Waals surface area contributed by atoms with Gasteiger partial charge in [-0.05, 0) is 17.7 Å². The van der Waals surface area contributed by atoms with E-state index in [4.69, 9.17) is 10.8 Å². The number of nitrogens with two attached hydrogens (primary N) is 1. The van der Waals surface area contributed by atoms with Crippen molar-refractivity contribution in [2.45, 2.75) is 19.0 Å². The zero-order valence-corrected chi connectivity index (χ0v) is 13.1. The Bertz CT molecular complexity index is 614. The van der Waals surface area contributed by atoms with Crippen LogP contribution in [-0.4, -0.2) is 48.6 Å². The van der Waals surface area contributed by atoms with Crippen molar-refractivity contribution < 1.29 is 29.0 Å². The molecule has 0 saturated heterocycles. The first-order valence-corrected chi connectivity index (χ1v) is 7.00. The molecule has 1 atom stereocenters. The number of aliphatic carboxylic acids is 1. The monoisotopic (exact) mass is 337 g/mol.